The van der Waals surface area contributed by atoms with E-state index in [1.54, 1.807) is 0 Å². The SMILES string of the molecule is CCC1CCCN(c2ncccc2CNC)C1. The highest BCUT2D eigenvalue weighted by Crippen LogP contribution is 2.25. The molecular formula is C14H23N3. The molecule has 0 spiro atoms. The highest BCUT2D eigenvalue weighted by atomic mass is 15.2. The minimum Gasteiger partial charge on any atom is -0.356 e. The average molecular weight is 233 g/mol. The van der Waals surface area contributed by atoms with E-state index in [9.17, 15) is 0 Å². The van der Waals surface area contributed by atoms with E-state index in [0.717, 1.165) is 19.0 Å². The molecule has 1 aromatic heterocycles. The van der Waals surface area contributed by atoms with E-state index in [1.807, 2.05) is 19.3 Å². The lowest BCUT2D eigenvalue weighted by Gasteiger charge is -2.34. The predicted molar refractivity (Wildman–Crippen MR) is 72.2 cm³/mol. The highest BCUT2D eigenvalue weighted by molar-refractivity contribution is 5.47. The first kappa shape index (κ1) is 12.4. The zero-order valence-electron chi connectivity index (χ0n) is 10.9. The summed E-state index contributed by atoms with van der Waals surface area (Å²) in [7, 11) is 1.99. The van der Waals surface area contributed by atoms with E-state index < -0.39 is 0 Å². The van der Waals surface area contributed by atoms with Crippen LogP contribution in [0.25, 0.3) is 0 Å². The summed E-state index contributed by atoms with van der Waals surface area (Å²) in [5.74, 6) is 2.02. The van der Waals surface area contributed by atoms with Crippen molar-refractivity contribution in [2.75, 3.05) is 25.0 Å². The van der Waals surface area contributed by atoms with Crippen molar-refractivity contribution in [3.8, 4) is 0 Å². The molecule has 1 N–H and O–H groups in total. The molecule has 0 saturated carbocycles. The quantitative estimate of drug-likeness (QED) is 0.865. The van der Waals surface area contributed by atoms with Crippen molar-refractivity contribution in [3.63, 3.8) is 0 Å². The second kappa shape index (κ2) is 6.01. The van der Waals surface area contributed by atoms with Crippen LogP contribution in [0.1, 0.15) is 31.7 Å². The maximum absolute atomic E-state index is 4.58. The third kappa shape index (κ3) is 2.97. The van der Waals surface area contributed by atoms with Gasteiger partial charge in [0.15, 0.2) is 0 Å². The first-order chi connectivity index (χ1) is 8.35. The van der Waals surface area contributed by atoms with Crippen LogP contribution in [0.15, 0.2) is 18.3 Å². The van der Waals surface area contributed by atoms with Crippen LogP contribution in [-0.4, -0.2) is 25.1 Å². The first-order valence-corrected chi connectivity index (χ1v) is 6.68. The predicted octanol–water partition coefficient (Wildman–Crippen LogP) is 2.43. The standard InChI is InChI=1S/C14H23N3/c1-3-12-6-5-9-17(11-12)14-13(10-15-2)7-4-8-16-14/h4,7-8,12,15H,3,5-6,9-11H2,1-2H3. The molecule has 0 radical (unpaired) electrons. The summed E-state index contributed by atoms with van der Waals surface area (Å²) in [6, 6.07) is 4.20. The van der Waals surface area contributed by atoms with Crippen LogP contribution in [0.2, 0.25) is 0 Å². The maximum Gasteiger partial charge on any atom is 0.133 e. The number of anilines is 1. The molecule has 1 saturated heterocycles. The van der Waals surface area contributed by atoms with Gasteiger partial charge in [0.2, 0.25) is 0 Å². The Morgan fingerprint density at radius 1 is 1.53 bits per heavy atom. The van der Waals surface area contributed by atoms with Crippen LogP contribution in [0.3, 0.4) is 0 Å². The summed E-state index contributed by atoms with van der Waals surface area (Å²) in [6.07, 6.45) is 5.87. The average Bonchev–Trinajstić information content (AvgIpc) is 2.40. The van der Waals surface area contributed by atoms with Gasteiger partial charge in [0, 0.05) is 31.4 Å². The van der Waals surface area contributed by atoms with E-state index in [4.69, 9.17) is 0 Å². The van der Waals surface area contributed by atoms with Gasteiger partial charge in [0.1, 0.15) is 5.82 Å². The number of hydrogen-bond donors (Lipinski definition) is 1. The Morgan fingerprint density at radius 2 is 2.41 bits per heavy atom. The first-order valence-electron chi connectivity index (χ1n) is 6.68. The fourth-order valence-electron chi connectivity index (χ4n) is 2.63. The fraction of sp³-hybridized carbons (Fsp3) is 0.643. The van der Waals surface area contributed by atoms with Gasteiger partial charge in [-0.15, -0.1) is 0 Å². The summed E-state index contributed by atoms with van der Waals surface area (Å²) in [5, 5.41) is 3.22. The summed E-state index contributed by atoms with van der Waals surface area (Å²) >= 11 is 0. The van der Waals surface area contributed by atoms with Crippen molar-refractivity contribution in [2.24, 2.45) is 5.92 Å². The van der Waals surface area contributed by atoms with Gasteiger partial charge in [0.25, 0.3) is 0 Å². The molecule has 3 nitrogen and oxygen atoms in total. The number of nitrogens with one attached hydrogen (secondary N) is 1. The fourth-order valence-corrected chi connectivity index (χ4v) is 2.63. The molecule has 2 rings (SSSR count). The summed E-state index contributed by atoms with van der Waals surface area (Å²) < 4.78 is 0. The Balaban J connectivity index is 2.15. The lowest BCUT2D eigenvalue weighted by molar-refractivity contribution is 0.402. The molecule has 0 aromatic carbocycles. The van der Waals surface area contributed by atoms with Gasteiger partial charge in [-0.25, -0.2) is 4.98 Å². The Morgan fingerprint density at radius 3 is 3.18 bits per heavy atom. The molecule has 1 aliphatic heterocycles. The van der Waals surface area contributed by atoms with Crippen molar-refractivity contribution in [2.45, 2.75) is 32.7 Å². The van der Waals surface area contributed by atoms with Crippen molar-refractivity contribution < 1.29 is 0 Å². The minimum absolute atomic E-state index is 0.841. The minimum atomic E-state index is 0.841. The Kier molecular flexibility index (Phi) is 4.37. The third-order valence-corrected chi connectivity index (χ3v) is 3.63. The van der Waals surface area contributed by atoms with Gasteiger partial charge < -0.3 is 10.2 Å². The molecule has 1 fully saturated rings. The van der Waals surface area contributed by atoms with Crippen LogP contribution in [0.4, 0.5) is 5.82 Å². The second-order valence-electron chi connectivity index (χ2n) is 4.88. The van der Waals surface area contributed by atoms with Gasteiger partial charge in [-0.2, -0.15) is 0 Å². The molecule has 3 heteroatoms. The molecule has 0 bridgehead atoms. The van der Waals surface area contributed by atoms with Gasteiger partial charge in [-0.1, -0.05) is 19.4 Å². The normalized spacial score (nSPS) is 20.6. The van der Waals surface area contributed by atoms with Crippen molar-refractivity contribution in [1.82, 2.24) is 10.3 Å². The number of nitrogens with zero attached hydrogens (tertiary/aromatic N) is 2. The van der Waals surface area contributed by atoms with E-state index >= 15 is 0 Å². The smallest absolute Gasteiger partial charge is 0.133 e. The number of pyridine rings is 1. The Bertz CT molecular complexity index is 351. The van der Waals surface area contributed by atoms with Gasteiger partial charge in [0.05, 0.1) is 0 Å². The Labute approximate surface area is 104 Å². The monoisotopic (exact) mass is 233 g/mol. The zero-order valence-corrected chi connectivity index (χ0v) is 10.9. The van der Waals surface area contributed by atoms with Crippen molar-refractivity contribution >= 4 is 5.82 Å². The molecule has 0 aliphatic carbocycles. The molecule has 17 heavy (non-hydrogen) atoms. The van der Waals surface area contributed by atoms with E-state index in [2.05, 4.69) is 28.2 Å². The number of rotatable bonds is 4. The van der Waals surface area contributed by atoms with Crippen LogP contribution < -0.4 is 10.2 Å². The van der Waals surface area contributed by atoms with Crippen LogP contribution in [-0.2, 0) is 6.54 Å². The van der Waals surface area contributed by atoms with Gasteiger partial charge >= 0.3 is 0 Å². The van der Waals surface area contributed by atoms with E-state index in [0.29, 0.717) is 0 Å². The summed E-state index contributed by atoms with van der Waals surface area (Å²) in [6.45, 7) is 5.52. The third-order valence-electron chi connectivity index (χ3n) is 3.63. The summed E-state index contributed by atoms with van der Waals surface area (Å²) in [4.78, 5) is 7.04. The zero-order chi connectivity index (χ0) is 12.1. The van der Waals surface area contributed by atoms with Gasteiger partial charge in [-0.3, -0.25) is 0 Å². The summed E-state index contributed by atoms with van der Waals surface area (Å²) in [5.41, 5.74) is 1.31. The van der Waals surface area contributed by atoms with Crippen LogP contribution in [0.5, 0.6) is 0 Å². The molecule has 1 aromatic rings. The number of piperidine rings is 1. The second-order valence-corrected chi connectivity index (χ2v) is 4.88. The topological polar surface area (TPSA) is 28.2 Å². The maximum atomic E-state index is 4.58. The Hall–Kier alpha value is -1.09. The van der Waals surface area contributed by atoms with Gasteiger partial charge in [-0.05, 0) is 31.9 Å². The molecule has 1 aliphatic rings. The largest absolute Gasteiger partial charge is 0.356 e. The van der Waals surface area contributed by atoms with Crippen molar-refractivity contribution in [1.29, 1.82) is 0 Å². The molecule has 94 valence electrons. The lowest BCUT2D eigenvalue weighted by atomic mass is 9.95. The van der Waals surface area contributed by atoms with E-state index in [1.165, 1.54) is 37.2 Å². The molecule has 0 amide bonds. The lowest BCUT2D eigenvalue weighted by Crippen LogP contribution is -2.36. The van der Waals surface area contributed by atoms with Crippen LogP contribution >= 0.6 is 0 Å². The number of aromatic nitrogens is 1. The van der Waals surface area contributed by atoms with Crippen LogP contribution in [0, 0.1) is 5.92 Å². The highest BCUT2D eigenvalue weighted by Gasteiger charge is 2.20. The molecule has 2 heterocycles. The molecule has 1 atom stereocenters. The molecular weight excluding hydrogens is 210 g/mol. The molecule has 1 unspecified atom stereocenters. The number of hydrogen-bond acceptors (Lipinski definition) is 3. The van der Waals surface area contributed by atoms with E-state index in [-0.39, 0.29) is 0 Å². The van der Waals surface area contributed by atoms with Crippen molar-refractivity contribution in [3.05, 3.63) is 23.9 Å².